The van der Waals surface area contributed by atoms with Crippen molar-refractivity contribution in [1.82, 2.24) is 5.32 Å². The molecule has 1 atom stereocenters. The normalized spacial score (nSPS) is 15.9. The summed E-state index contributed by atoms with van der Waals surface area (Å²) in [4.78, 5) is 0. The molecule has 0 aliphatic carbocycles. The van der Waals surface area contributed by atoms with Gasteiger partial charge in [0.1, 0.15) is 0 Å². The molecule has 1 heteroatoms. The molecule has 0 aliphatic rings. The van der Waals surface area contributed by atoms with Gasteiger partial charge in [-0.3, -0.25) is 0 Å². The Morgan fingerprint density at radius 2 is 1.40 bits per heavy atom. The standard InChI is InChI=1S/C9H21N/c1-7(2)10-8(3)9(4,5)6/h7-8,10H,1-6H3. The average molecular weight is 143 g/mol. The van der Waals surface area contributed by atoms with Crippen molar-refractivity contribution in [3.63, 3.8) is 0 Å². The third kappa shape index (κ3) is 3.89. The topological polar surface area (TPSA) is 12.0 Å². The van der Waals surface area contributed by atoms with Crippen molar-refractivity contribution < 1.29 is 0 Å². The lowest BCUT2D eigenvalue weighted by atomic mass is 9.88. The molecule has 0 aromatic carbocycles. The predicted molar refractivity (Wildman–Crippen MR) is 47.2 cm³/mol. The lowest BCUT2D eigenvalue weighted by molar-refractivity contribution is 0.272. The van der Waals surface area contributed by atoms with E-state index in [1.807, 2.05) is 0 Å². The van der Waals surface area contributed by atoms with Crippen molar-refractivity contribution in [3.8, 4) is 0 Å². The Morgan fingerprint density at radius 1 is 1.00 bits per heavy atom. The second kappa shape index (κ2) is 3.38. The predicted octanol–water partition coefficient (Wildman–Crippen LogP) is 2.42. The maximum absolute atomic E-state index is 3.48. The van der Waals surface area contributed by atoms with E-state index < -0.39 is 0 Å². The molecule has 0 radical (unpaired) electrons. The van der Waals surface area contributed by atoms with Crippen LogP contribution in [-0.4, -0.2) is 12.1 Å². The van der Waals surface area contributed by atoms with Crippen LogP contribution in [0.15, 0.2) is 0 Å². The Balaban J connectivity index is 3.73. The summed E-state index contributed by atoms with van der Waals surface area (Å²) in [6, 6.07) is 1.18. The highest BCUT2D eigenvalue weighted by atomic mass is 14.9. The Bertz CT molecular complexity index is 89.4. The molecular weight excluding hydrogens is 122 g/mol. The summed E-state index contributed by atoms with van der Waals surface area (Å²) in [5.74, 6) is 0. The van der Waals surface area contributed by atoms with Gasteiger partial charge in [-0.1, -0.05) is 34.6 Å². The quantitative estimate of drug-likeness (QED) is 0.626. The zero-order valence-corrected chi connectivity index (χ0v) is 8.15. The largest absolute Gasteiger partial charge is 0.312 e. The molecule has 0 bridgehead atoms. The number of rotatable bonds is 2. The van der Waals surface area contributed by atoms with Crippen LogP contribution in [0.5, 0.6) is 0 Å². The molecule has 1 nitrogen and oxygen atoms in total. The van der Waals surface area contributed by atoms with Crippen molar-refractivity contribution in [2.24, 2.45) is 5.41 Å². The summed E-state index contributed by atoms with van der Waals surface area (Å²) in [7, 11) is 0. The molecule has 0 saturated carbocycles. The first kappa shape index (κ1) is 9.96. The highest BCUT2D eigenvalue weighted by molar-refractivity contribution is 4.77. The molecule has 0 fully saturated rings. The molecule has 0 amide bonds. The SMILES string of the molecule is CC(C)NC(C)C(C)(C)C. The van der Waals surface area contributed by atoms with E-state index in [4.69, 9.17) is 0 Å². The molecule has 0 rings (SSSR count). The number of hydrogen-bond acceptors (Lipinski definition) is 1. The van der Waals surface area contributed by atoms with Crippen LogP contribution in [0.4, 0.5) is 0 Å². The van der Waals surface area contributed by atoms with Crippen LogP contribution in [0.3, 0.4) is 0 Å². The van der Waals surface area contributed by atoms with Crippen molar-refractivity contribution in [1.29, 1.82) is 0 Å². The van der Waals surface area contributed by atoms with Gasteiger partial charge in [0.25, 0.3) is 0 Å². The fourth-order valence-corrected chi connectivity index (χ4v) is 0.750. The molecule has 62 valence electrons. The van der Waals surface area contributed by atoms with E-state index in [0.717, 1.165) is 0 Å². The maximum atomic E-state index is 3.48. The first-order chi connectivity index (χ1) is 4.34. The van der Waals surface area contributed by atoms with Crippen LogP contribution in [0.1, 0.15) is 41.5 Å². The summed E-state index contributed by atoms with van der Waals surface area (Å²) >= 11 is 0. The molecule has 1 N–H and O–H groups in total. The summed E-state index contributed by atoms with van der Waals surface area (Å²) in [6.07, 6.45) is 0. The first-order valence-electron chi connectivity index (χ1n) is 4.10. The third-order valence-electron chi connectivity index (χ3n) is 1.88. The van der Waals surface area contributed by atoms with Gasteiger partial charge in [-0.05, 0) is 12.3 Å². The molecule has 0 aliphatic heterocycles. The summed E-state index contributed by atoms with van der Waals surface area (Å²) in [5, 5.41) is 3.48. The molecule has 0 aromatic rings. The lowest BCUT2D eigenvalue weighted by Gasteiger charge is -2.29. The van der Waals surface area contributed by atoms with Crippen molar-refractivity contribution in [2.75, 3.05) is 0 Å². The Hall–Kier alpha value is -0.0400. The number of hydrogen-bond donors (Lipinski definition) is 1. The Labute approximate surface area is 65.2 Å². The zero-order valence-electron chi connectivity index (χ0n) is 8.15. The van der Waals surface area contributed by atoms with E-state index in [1.165, 1.54) is 0 Å². The fraction of sp³-hybridized carbons (Fsp3) is 1.00. The van der Waals surface area contributed by atoms with Gasteiger partial charge in [0, 0.05) is 12.1 Å². The highest BCUT2D eigenvalue weighted by Gasteiger charge is 2.19. The van der Waals surface area contributed by atoms with Gasteiger partial charge in [-0.2, -0.15) is 0 Å². The summed E-state index contributed by atoms with van der Waals surface area (Å²) < 4.78 is 0. The Kier molecular flexibility index (Phi) is 3.37. The van der Waals surface area contributed by atoms with Crippen LogP contribution in [0, 0.1) is 5.41 Å². The molecule has 10 heavy (non-hydrogen) atoms. The minimum Gasteiger partial charge on any atom is -0.312 e. The molecule has 1 unspecified atom stereocenters. The molecule has 0 heterocycles. The molecule has 0 aromatic heterocycles. The van der Waals surface area contributed by atoms with Gasteiger partial charge in [-0.25, -0.2) is 0 Å². The fourth-order valence-electron chi connectivity index (χ4n) is 0.750. The highest BCUT2D eigenvalue weighted by Crippen LogP contribution is 2.18. The van der Waals surface area contributed by atoms with E-state index >= 15 is 0 Å². The molecule has 0 saturated heterocycles. The van der Waals surface area contributed by atoms with Crippen molar-refractivity contribution in [3.05, 3.63) is 0 Å². The smallest absolute Gasteiger partial charge is 0.00896 e. The first-order valence-corrected chi connectivity index (χ1v) is 4.10. The number of nitrogens with one attached hydrogen (secondary N) is 1. The van der Waals surface area contributed by atoms with Gasteiger partial charge < -0.3 is 5.32 Å². The second-order valence-corrected chi connectivity index (χ2v) is 4.41. The Morgan fingerprint density at radius 3 is 1.50 bits per heavy atom. The van der Waals surface area contributed by atoms with Gasteiger partial charge in [0.2, 0.25) is 0 Å². The molecule has 0 spiro atoms. The van der Waals surface area contributed by atoms with Gasteiger partial charge in [-0.15, -0.1) is 0 Å². The van der Waals surface area contributed by atoms with Gasteiger partial charge >= 0.3 is 0 Å². The van der Waals surface area contributed by atoms with E-state index in [0.29, 0.717) is 17.5 Å². The minimum atomic E-state index is 0.379. The van der Waals surface area contributed by atoms with E-state index in [1.54, 1.807) is 0 Å². The van der Waals surface area contributed by atoms with Crippen LogP contribution in [0.2, 0.25) is 0 Å². The van der Waals surface area contributed by atoms with Crippen LogP contribution in [0.25, 0.3) is 0 Å². The zero-order chi connectivity index (χ0) is 8.36. The summed E-state index contributed by atoms with van der Waals surface area (Å²) in [5.41, 5.74) is 0.379. The van der Waals surface area contributed by atoms with Crippen LogP contribution < -0.4 is 5.32 Å². The maximum Gasteiger partial charge on any atom is 0.00896 e. The monoisotopic (exact) mass is 143 g/mol. The van der Waals surface area contributed by atoms with Gasteiger partial charge in [0.15, 0.2) is 0 Å². The van der Waals surface area contributed by atoms with E-state index in [2.05, 4.69) is 46.9 Å². The minimum absolute atomic E-state index is 0.379. The third-order valence-corrected chi connectivity index (χ3v) is 1.88. The van der Waals surface area contributed by atoms with E-state index in [-0.39, 0.29) is 0 Å². The van der Waals surface area contributed by atoms with E-state index in [9.17, 15) is 0 Å². The van der Waals surface area contributed by atoms with Crippen molar-refractivity contribution >= 4 is 0 Å². The van der Waals surface area contributed by atoms with Crippen molar-refractivity contribution in [2.45, 2.75) is 53.6 Å². The average Bonchev–Trinajstić information content (AvgIpc) is 1.60. The van der Waals surface area contributed by atoms with Gasteiger partial charge in [0.05, 0.1) is 0 Å². The second-order valence-electron chi connectivity index (χ2n) is 4.41. The lowest BCUT2D eigenvalue weighted by Crippen LogP contribution is -2.41. The van der Waals surface area contributed by atoms with Crippen LogP contribution >= 0.6 is 0 Å². The molecular formula is C9H21N. The van der Waals surface area contributed by atoms with Crippen LogP contribution in [-0.2, 0) is 0 Å². The summed E-state index contributed by atoms with van der Waals surface area (Å²) in [6.45, 7) is 13.4.